The monoisotopic (exact) mass is 394 g/mol. The van der Waals surface area contributed by atoms with Crippen molar-refractivity contribution in [3.63, 3.8) is 0 Å². The van der Waals surface area contributed by atoms with Crippen LogP contribution in [0, 0.1) is 0 Å². The second-order valence-corrected chi connectivity index (χ2v) is 7.51. The number of nitrogens with zero attached hydrogens (tertiary/aromatic N) is 5. The molecule has 8 heteroatoms. The average molecular weight is 395 g/mol. The Morgan fingerprint density at radius 1 is 1.11 bits per heavy atom. The maximum absolute atomic E-state index is 13.2. The van der Waals surface area contributed by atoms with Crippen molar-refractivity contribution in [1.29, 1.82) is 0 Å². The second-order valence-electron chi connectivity index (χ2n) is 7.10. The van der Waals surface area contributed by atoms with Gasteiger partial charge >= 0.3 is 0 Å². The molecule has 0 radical (unpaired) electrons. The molecule has 0 amide bonds. The lowest BCUT2D eigenvalue weighted by atomic mass is 9.96. The summed E-state index contributed by atoms with van der Waals surface area (Å²) in [6, 6.07) is 7.59. The fourth-order valence-electron chi connectivity index (χ4n) is 3.89. The minimum absolute atomic E-state index is 0.244. The third-order valence-corrected chi connectivity index (χ3v) is 5.60. The predicted molar refractivity (Wildman–Crippen MR) is 109 cm³/mol. The van der Waals surface area contributed by atoms with E-state index < -0.39 is 0 Å². The first-order valence-corrected chi connectivity index (χ1v) is 9.86. The minimum atomic E-state index is -0.244. The summed E-state index contributed by atoms with van der Waals surface area (Å²) in [4.78, 5) is 26.7. The van der Waals surface area contributed by atoms with Crippen LogP contribution in [0.2, 0.25) is 5.02 Å². The topological polar surface area (TPSA) is 77.1 Å². The van der Waals surface area contributed by atoms with Gasteiger partial charge in [0.25, 0.3) is 5.56 Å². The number of hydrogen-bond donors (Lipinski definition) is 1. The fourth-order valence-corrected chi connectivity index (χ4v) is 4.11. The standard InChI is InChI=1S/C20H19ClN6O/c21-15-8-4-5-9-16(15)27-18(28)14-12-23-19(24-13-6-2-1-3-7-13)25-17(14)26-11-10-22-20(26)27/h4-5,8-13H,1-3,6-7H2,(H,23,24,25). The first-order chi connectivity index (χ1) is 13.7. The fraction of sp³-hybridized carbons (Fsp3) is 0.300. The van der Waals surface area contributed by atoms with E-state index >= 15 is 0 Å². The largest absolute Gasteiger partial charge is 0.351 e. The summed E-state index contributed by atoms with van der Waals surface area (Å²) in [6.45, 7) is 0. The maximum Gasteiger partial charge on any atom is 0.270 e. The van der Waals surface area contributed by atoms with Gasteiger partial charge in [-0.3, -0.25) is 9.20 Å². The van der Waals surface area contributed by atoms with Gasteiger partial charge in [-0.1, -0.05) is 43.0 Å². The summed E-state index contributed by atoms with van der Waals surface area (Å²) in [5, 5.41) is 4.31. The van der Waals surface area contributed by atoms with Gasteiger partial charge in [-0.25, -0.2) is 14.5 Å². The quantitative estimate of drug-likeness (QED) is 0.571. The molecular weight excluding hydrogens is 376 g/mol. The molecular formula is C20H19ClN6O. The van der Waals surface area contributed by atoms with Gasteiger partial charge in [0.05, 0.1) is 10.7 Å². The molecule has 0 atom stereocenters. The zero-order valence-corrected chi connectivity index (χ0v) is 15.9. The van der Waals surface area contributed by atoms with Crippen LogP contribution in [0.5, 0.6) is 0 Å². The van der Waals surface area contributed by atoms with Gasteiger partial charge < -0.3 is 5.32 Å². The zero-order valence-electron chi connectivity index (χ0n) is 15.2. The van der Waals surface area contributed by atoms with E-state index in [0.717, 1.165) is 12.8 Å². The minimum Gasteiger partial charge on any atom is -0.351 e. The van der Waals surface area contributed by atoms with Crippen molar-refractivity contribution in [2.75, 3.05) is 5.32 Å². The highest BCUT2D eigenvalue weighted by Crippen LogP contribution is 2.23. The lowest BCUT2D eigenvalue weighted by Crippen LogP contribution is -2.25. The molecule has 1 aliphatic rings. The highest BCUT2D eigenvalue weighted by molar-refractivity contribution is 6.32. The molecule has 1 aromatic carbocycles. The highest BCUT2D eigenvalue weighted by Gasteiger charge is 2.18. The molecule has 0 spiro atoms. The van der Waals surface area contributed by atoms with E-state index in [0.29, 0.717) is 39.5 Å². The average Bonchev–Trinajstić information content (AvgIpc) is 3.20. The van der Waals surface area contributed by atoms with E-state index in [1.165, 1.54) is 23.8 Å². The van der Waals surface area contributed by atoms with Crippen LogP contribution in [0.3, 0.4) is 0 Å². The molecule has 1 N–H and O–H groups in total. The van der Waals surface area contributed by atoms with Crippen LogP contribution in [-0.2, 0) is 0 Å². The Morgan fingerprint density at radius 3 is 2.75 bits per heavy atom. The summed E-state index contributed by atoms with van der Waals surface area (Å²) < 4.78 is 3.30. The van der Waals surface area contributed by atoms with Crippen molar-refractivity contribution in [3.8, 4) is 5.69 Å². The van der Waals surface area contributed by atoms with E-state index in [-0.39, 0.29) is 5.56 Å². The Balaban J connectivity index is 1.69. The van der Waals surface area contributed by atoms with Crippen molar-refractivity contribution >= 4 is 34.4 Å². The van der Waals surface area contributed by atoms with Crippen LogP contribution >= 0.6 is 11.6 Å². The number of fused-ring (bicyclic) bond motifs is 3. The number of benzene rings is 1. The van der Waals surface area contributed by atoms with Gasteiger partial charge in [-0.15, -0.1) is 0 Å². The van der Waals surface area contributed by atoms with Crippen molar-refractivity contribution in [3.05, 3.63) is 58.2 Å². The Labute approximate surface area is 166 Å². The van der Waals surface area contributed by atoms with E-state index in [4.69, 9.17) is 11.6 Å². The molecule has 5 rings (SSSR count). The third kappa shape index (κ3) is 2.82. The molecule has 1 fully saturated rings. The van der Waals surface area contributed by atoms with Crippen LogP contribution in [0.15, 0.2) is 47.7 Å². The lowest BCUT2D eigenvalue weighted by molar-refractivity contribution is 0.461. The van der Waals surface area contributed by atoms with Gasteiger partial charge in [0.2, 0.25) is 11.7 Å². The Hall–Kier alpha value is -2.93. The van der Waals surface area contributed by atoms with E-state index in [9.17, 15) is 4.79 Å². The molecule has 1 saturated carbocycles. The molecule has 3 aromatic heterocycles. The van der Waals surface area contributed by atoms with E-state index in [2.05, 4.69) is 20.3 Å². The smallest absolute Gasteiger partial charge is 0.270 e. The van der Waals surface area contributed by atoms with Crippen molar-refractivity contribution in [2.45, 2.75) is 38.1 Å². The van der Waals surface area contributed by atoms with Crippen LogP contribution < -0.4 is 10.9 Å². The number of aromatic nitrogens is 5. The van der Waals surface area contributed by atoms with Gasteiger partial charge in [0, 0.05) is 24.6 Å². The molecule has 7 nitrogen and oxygen atoms in total. The highest BCUT2D eigenvalue weighted by atomic mass is 35.5. The van der Waals surface area contributed by atoms with Crippen LogP contribution in [0.4, 0.5) is 5.95 Å². The maximum atomic E-state index is 13.2. The summed E-state index contributed by atoms with van der Waals surface area (Å²) >= 11 is 6.34. The van der Waals surface area contributed by atoms with Crippen LogP contribution in [-0.4, -0.2) is 30.0 Å². The predicted octanol–water partition coefficient (Wildman–Crippen LogP) is 3.83. The molecule has 3 heterocycles. The molecule has 1 aliphatic carbocycles. The number of halogens is 1. The van der Waals surface area contributed by atoms with Gasteiger partial charge in [0.15, 0.2) is 5.65 Å². The van der Waals surface area contributed by atoms with E-state index in [1.807, 2.05) is 12.1 Å². The number of anilines is 1. The Morgan fingerprint density at radius 2 is 1.93 bits per heavy atom. The van der Waals surface area contributed by atoms with Gasteiger partial charge in [-0.05, 0) is 25.0 Å². The molecule has 4 aromatic rings. The van der Waals surface area contributed by atoms with Crippen molar-refractivity contribution in [2.24, 2.45) is 0 Å². The molecule has 0 aliphatic heterocycles. The normalized spacial score (nSPS) is 15.3. The number of imidazole rings is 1. The summed E-state index contributed by atoms with van der Waals surface area (Å²) in [6.07, 6.45) is 11.0. The van der Waals surface area contributed by atoms with E-state index in [1.54, 1.807) is 35.1 Å². The zero-order chi connectivity index (χ0) is 19.1. The molecule has 0 saturated heterocycles. The summed E-state index contributed by atoms with van der Waals surface area (Å²) in [5.41, 5.74) is 0.872. The third-order valence-electron chi connectivity index (χ3n) is 5.28. The number of nitrogens with one attached hydrogen (secondary N) is 1. The lowest BCUT2D eigenvalue weighted by Gasteiger charge is -2.22. The summed E-state index contributed by atoms with van der Waals surface area (Å²) in [7, 11) is 0. The number of hydrogen-bond acceptors (Lipinski definition) is 5. The second kappa shape index (κ2) is 6.91. The summed E-state index contributed by atoms with van der Waals surface area (Å²) in [5.74, 6) is 1.01. The molecule has 0 bridgehead atoms. The molecule has 142 valence electrons. The van der Waals surface area contributed by atoms with Crippen molar-refractivity contribution < 1.29 is 0 Å². The number of para-hydroxylation sites is 1. The van der Waals surface area contributed by atoms with Gasteiger partial charge in [-0.2, -0.15) is 4.98 Å². The first kappa shape index (κ1) is 17.2. The Kier molecular flexibility index (Phi) is 4.24. The first-order valence-electron chi connectivity index (χ1n) is 9.48. The molecule has 0 unspecified atom stereocenters. The Bertz CT molecular complexity index is 1220. The molecule has 28 heavy (non-hydrogen) atoms. The van der Waals surface area contributed by atoms with Gasteiger partial charge in [0.1, 0.15) is 5.39 Å². The van der Waals surface area contributed by atoms with Crippen LogP contribution in [0.1, 0.15) is 32.1 Å². The van der Waals surface area contributed by atoms with Crippen LogP contribution in [0.25, 0.3) is 22.5 Å². The van der Waals surface area contributed by atoms with Crippen molar-refractivity contribution in [1.82, 2.24) is 23.9 Å². The SMILES string of the molecule is O=c1c2cnc(NC3CCCCC3)nc2n2ccnc2n1-c1ccccc1Cl. The number of rotatable bonds is 3.